The Morgan fingerprint density at radius 3 is 2.71 bits per heavy atom. The second-order valence-corrected chi connectivity index (χ2v) is 5.74. The molecule has 0 aromatic carbocycles. The molecule has 1 aliphatic carbocycles. The molecule has 0 aromatic heterocycles. The summed E-state index contributed by atoms with van der Waals surface area (Å²) in [6.45, 7) is 5.26. The predicted octanol–water partition coefficient (Wildman–Crippen LogP) is 1.88. The molecule has 1 aliphatic rings. The van der Waals surface area contributed by atoms with Gasteiger partial charge in [-0.3, -0.25) is 0 Å². The molecule has 14 heavy (non-hydrogen) atoms. The maximum absolute atomic E-state index is 9.61. The van der Waals surface area contributed by atoms with Crippen molar-refractivity contribution in [3.8, 4) is 0 Å². The Morgan fingerprint density at radius 1 is 1.43 bits per heavy atom. The van der Waals surface area contributed by atoms with Gasteiger partial charge in [0, 0.05) is 18.3 Å². The number of hydrogen-bond acceptors (Lipinski definition) is 3. The molecule has 0 spiro atoms. The number of thioether (sulfide) groups is 1. The van der Waals surface area contributed by atoms with E-state index in [4.69, 9.17) is 0 Å². The summed E-state index contributed by atoms with van der Waals surface area (Å²) in [7, 11) is 0. The molecule has 1 rings (SSSR count). The Hall–Kier alpha value is 0.270. The van der Waals surface area contributed by atoms with Gasteiger partial charge in [0.25, 0.3) is 0 Å². The Bertz CT molecular complexity index is 148. The molecule has 1 atom stereocenters. The van der Waals surface area contributed by atoms with Crippen LogP contribution in [-0.2, 0) is 0 Å². The van der Waals surface area contributed by atoms with Crippen LogP contribution in [-0.4, -0.2) is 35.3 Å². The van der Waals surface area contributed by atoms with Crippen LogP contribution in [0.1, 0.15) is 33.1 Å². The molecule has 0 bridgehead atoms. The molecule has 0 aromatic rings. The fraction of sp³-hybridized carbons (Fsp3) is 1.00. The highest BCUT2D eigenvalue weighted by Gasteiger charge is 2.21. The molecule has 2 nitrogen and oxygen atoms in total. The van der Waals surface area contributed by atoms with Gasteiger partial charge >= 0.3 is 0 Å². The van der Waals surface area contributed by atoms with Gasteiger partial charge in [0.15, 0.2) is 0 Å². The van der Waals surface area contributed by atoms with Gasteiger partial charge in [-0.05, 0) is 30.9 Å². The molecule has 1 saturated carbocycles. The fourth-order valence-electron chi connectivity index (χ4n) is 1.19. The molecule has 1 fully saturated rings. The number of hydrogen-bond donors (Lipinski definition) is 2. The largest absolute Gasteiger partial charge is 0.391 e. The van der Waals surface area contributed by atoms with Gasteiger partial charge in [-0.1, -0.05) is 13.8 Å². The summed E-state index contributed by atoms with van der Waals surface area (Å²) in [4.78, 5) is 0. The van der Waals surface area contributed by atoms with Crippen LogP contribution in [0, 0.1) is 5.92 Å². The third kappa shape index (κ3) is 6.68. The lowest BCUT2D eigenvalue weighted by atomic mass is 10.2. The summed E-state index contributed by atoms with van der Waals surface area (Å²) in [5, 5.41) is 13.0. The average molecular weight is 217 g/mol. The summed E-state index contributed by atoms with van der Waals surface area (Å²) in [6.07, 6.45) is 3.70. The van der Waals surface area contributed by atoms with Gasteiger partial charge in [0.1, 0.15) is 0 Å². The topological polar surface area (TPSA) is 32.3 Å². The lowest BCUT2D eigenvalue weighted by molar-refractivity contribution is 0.195. The maximum atomic E-state index is 9.61. The van der Waals surface area contributed by atoms with E-state index in [1.165, 1.54) is 25.0 Å². The molecule has 0 amide bonds. The second-order valence-electron chi connectivity index (χ2n) is 4.59. The lowest BCUT2D eigenvalue weighted by Crippen LogP contribution is -2.30. The van der Waals surface area contributed by atoms with Crippen molar-refractivity contribution in [1.82, 2.24) is 5.32 Å². The van der Waals surface area contributed by atoms with Crippen LogP contribution in [0.4, 0.5) is 0 Å². The molecule has 0 heterocycles. The summed E-state index contributed by atoms with van der Waals surface area (Å²) >= 11 is 1.87. The summed E-state index contributed by atoms with van der Waals surface area (Å²) in [5.41, 5.74) is 0. The first-order chi connectivity index (χ1) is 6.68. The van der Waals surface area contributed by atoms with Crippen LogP contribution in [0.5, 0.6) is 0 Å². The van der Waals surface area contributed by atoms with E-state index in [9.17, 15) is 5.11 Å². The van der Waals surface area contributed by atoms with Crippen molar-refractivity contribution in [2.24, 2.45) is 5.92 Å². The van der Waals surface area contributed by atoms with E-state index in [1.807, 2.05) is 11.8 Å². The zero-order valence-corrected chi connectivity index (χ0v) is 10.1. The number of aliphatic hydroxyl groups excluding tert-OH is 1. The van der Waals surface area contributed by atoms with Crippen molar-refractivity contribution < 1.29 is 5.11 Å². The fourth-order valence-corrected chi connectivity index (χ4v) is 2.38. The summed E-state index contributed by atoms with van der Waals surface area (Å²) in [5.74, 6) is 2.84. The third-order valence-corrected chi connectivity index (χ3v) is 3.51. The van der Waals surface area contributed by atoms with Crippen molar-refractivity contribution in [3.05, 3.63) is 0 Å². The highest BCUT2D eigenvalue weighted by molar-refractivity contribution is 7.99. The van der Waals surface area contributed by atoms with Crippen LogP contribution in [0.15, 0.2) is 0 Å². The monoisotopic (exact) mass is 217 g/mol. The maximum Gasteiger partial charge on any atom is 0.0754 e. The SMILES string of the molecule is CC(C)CCSCC(O)CNC1CC1. The number of nitrogens with one attached hydrogen (secondary N) is 1. The van der Waals surface area contributed by atoms with E-state index < -0.39 is 0 Å². The number of rotatable bonds is 8. The minimum absolute atomic E-state index is 0.159. The predicted molar refractivity (Wildman–Crippen MR) is 63.8 cm³/mol. The van der Waals surface area contributed by atoms with Crippen molar-refractivity contribution in [2.75, 3.05) is 18.1 Å². The standard InChI is InChI=1S/C11H23NOS/c1-9(2)5-6-14-8-11(13)7-12-10-3-4-10/h9-13H,3-8H2,1-2H3. The highest BCUT2D eigenvalue weighted by atomic mass is 32.2. The third-order valence-electron chi connectivity index (χ3n) is 2.37. The zero-order chi connectivity index (χ0) is 10.4. The second kappa shape index (κ2) is 6.70. The van der Waals surface area contributed by atoms with Crippen molar-refractivity contribution in [1.29, 1.82) is 0 Å². The zero-order valence-electron chi connectivity index (χ0n) is 9.33. The minimum atomic E-state index is -0.159. The first-order valence-corrected chi connectivity index (χ1v) is 6.83. The molecule has 0 saturated heterocycles. The van der Waals surface area contributed by atoms with Crippen LogP contribution in [0.25, 0.3) is 0 Å². The van der Waals surface area contributed by atoms with Gasteiger partial charge < -0.3 is 10.4 Å². The van der Waals surface area contributed by atoms with E-state index in [2.05, 4.69) is 19.2 Å². The minimum Gasteiger partial charge on any atom is -0.391 e. The van der Waals surface area contributed by atoms with Gasteiger partial charge in [0.05, 0.1) is 6.10 Å². The average Bonchev–Trinajstić information content (AvgIpc) is 2.92. The molecule has 0 aliphatic heterocycles. The van der Waals surface area contributed by atoms with Crippen molar-refractivity contribution >= 4 is 11.8 Å². The first kappa shape index (κ1) is 12.3. The Morgan fingerprint density at radius 2 is 2.14 bits per heavy atom. The normalized spacial score (nSPS) is 18.9. The van der Waals surface area contributed by atoms with E-state index >= 15 is 0 Å². The van der Waals surface area contributed by atoms with E-state index in [0.29, 0.717) is 6.04 Å². The van der Waals surface area contributed by atoms with E-state index in [0.717, 1.165) is 18.2 Å². The van der Waals surface area contributed by atoms with Crippen LogP contribution >= 0.6 is 11.8 Å². The smallest absolute Gasteiger partial charge is 0.0754 e. The van der Waals surface area contributed by atoms with Crippen LogP contribution in [0.2, 0.25) is 0 Å². The molecule has 1 unspecified atom stereocenters. The molecule has 2 N–H and O–H groups in total. The van der Waals surface area contributed by atoms with Gasteiger partial charge in [-0.25, -0.2) is 0 Å². The van der Waals surface area contributed by atoms with Crippen LogP contribution in [0.3, 0.4) is 0 Å². The van der Waals surface area contributed by atoms with E-state index in [1.54, 1.807) is 0 Å². The Kier molecular flexibility index (Phi) is 5.90. The Balaban J connectivity index is 1.83. The number of aliphatic hydroxyl groups is 1. The Labute approximate surface area is 91.9 Å². The lowest BCUT2D eigenvalue weighted by Gasteiger charge is -2.11. The van der Waals surface area contributed by atoms with E-state index in [-0.39, 0.29) is 6.10 Å². The van der Waals surface area contributed by atoms with Gasteiger partial charge in [0.2, 0.25) is 0 Å². The molecular formula is C11H23NOS. The molecule has 84 valence electrons. The van der Waals surface area contributed by atoms with Crippen LogP contribution < -0.4 is 5.32 Å². The summed E-state index contributed by atoms with van der Waals surface area (Å²) in [6, 6.07) is 0.713. The first-order valence-electron chi connectivity index (χ1n) is 5.67. The highest BCUT2D eigenvalue weighted by Crippen LogP contribution is 2.18. The molecule has 3 heteroatoms. The molecule has 0 radical (unpaired) electrons. The molecular weight excluding hydrogens is 194 g/mol. The quantitative estimate of drug-likeness (QED) is 0.609. The summed E-state index contributed by atoms with van der Waals surface area (Å²) < 4.78 is 0. The van der Waals surface area contributed by atoms with Crippen molar-refractivity contribution in [2.45, 2.75) is 45.3 Å². The van der Waals surface area contributed by atoms with Gasteiger partial charge in [-0.2, -0.15) is 11.8 Å². The van der Waals surface area contributed by atoms with Gasteiger partial charge in [-0.15, -0.1) is 0 Å². The van der Waals surface area contributed by atoms with Crippen molar-refractivity contribution in [3.63, 3.8) is 0 Å².